The monoisotopic (exact) mass is 303 g/mol. The highest BCUT2D eigenvalue weighted by Gasteiger charge is 2.33. The SMILES string of the molecule is COC(=O)C(CSC(F)(F)F)NC(=O)OC(C)(C)C. The first-order valence-electron chi connectivity index (χ1n) is 5.22. The predicted octanol–water partition coefficient (Wildman–Crippen LogP) is 2.31. The van der Waals surface area contributed by atoms with Crippen LogP contribution in [0.2, 0.25) is 0 Å². The molecule has 1 atom stereocenters. The highest BCUT2D eigenvalue weighted by atomic mass is 32.2. The minimum absolute atomic E-state index is 0.426. The molecular weight excluding hydrogens is 287 g/mol. The maximum absolute atomic E-state index is 12.1. The van der Waals surface area contributed by atoms with Crippen molar-refractivity contribution < 1.29 is 32.2 Å². The lowest BCUT2D eigenvalue weighted by molar-refractivity contribution is -0.142. The van der Waals surface area contributed by atoms with Crippen LogP contribution in [0.4, 0.5) is 18.0 Å². The third-order valence-electron chi connectivity index (χ3n) is 1.59. The summed E-state index contributed by atoms with van der Waals surface area (Å²) in [4.78, 5) is 22.6. The Bertz CT molecular complexity index is 328. The number of halogens is 3. The van der Waals surface area contributed by atoms with Crippen LogP contribution in [-0.2, 0) is 14.3 Å². The van der Waals surface area contributed by atoms with Crippen LogP contribution in [0.15, 0.2) is 0 Å². The van der Waals surface area contributed by atoms with E-state index in [0.717, 1.165) is 7.11 Å². The molecule has 0 aromatic carbocycles. The minimum Gasteiger partial charge on any atom is -0.467 e. The van der Waals surface area contributed by atoms with Gasteiger partial charge >= 0.3 is 17.6 Å². The number of hydrogen-bond acceptors (Lipinski definition) is 5. The molecule has 0 aliphatic carbocycles. The molecule has 0 aromatic heterocycles. The van der Waals surface area contributed by atoms with Gasteiger partial charge in [-0.2, -0.15) is 13.2 Å². The lowest BCUT2D eigenvalue weighted by atomic mass is 10.2. The third-order valence-corrected chi connectivity index (χ3v) is 2.42. The van der Waals surface area contributed by atoms with Gasteiger partial charge in [0.25, 0.3) is 0 Å². The Balaban J connectivity index is 4.52. The molecule has 0 spiro atoms. The van der Waals surface area contributed by atoms with Crippen molar-refractivity contribution in [2.24, 2.45) is 0 Å². The predicted molar refractivity (Wildman–Crippen MR) is 63.7 cm³/mol. The summed E-state index contributed by atoms with van der Waals surface area (Å²) < 4.78 is 45.3. The van der Waals surface area contributed by atoms with Crippen LogP contribution in [0.1, 0.15) is 20.8 Å². The maximum atomic E-state index is 12.1. The number of alkyl carbamates (subject to hydrolysis) is 1. The van der Waals surface area contributed by atoms with Crippen LogP contribution in [0.5, 0.6) is 0 Å². The molecule has 0 bridgehead atoms. The molecule has 0 aliphatic heterocycles. The molecule has 5 nitrogen and oxygen atoms in total. The number of carbonyl (C=O) groups is 2. The highest BCUT2D eigenvalue weighted by molar-refractivity contribution is 8.00. The second-order valence-corrected chi connectivity index (χ2v) is 5.56. The minimum atomic E-state index is -4.50. The van der Waals surface area contributed by atoms with Crippen molar-refractivity contribution >= 4 is 23.8 Å². The van der Waals surface area contributed by atoms with E-state index in [1.165, 1.54) is 0 Å². The average molecular weight is 303 g/mol. The summed E-state index contributed by atoms with van der Waals surface area (Å²) in [7, 11) is 1.02. The van der Waals surface area contributed by atoms with Gasteiger partial charge in [-0.05, 0) is 32.5 Å². The molecule has 0 heterocycles. The molecule has 112 valence electrons. The second-order valence-electron chi connectivity index (χ2n) is 4.48. The third kappa shape index (κ3) is 9.46. The van der Waals surface area contributed by atoms with Gasteiger partial charge in [-0.25, -0.2) is 9.59 Å². The molecule has 0 radical (unpaired) electrons. The number of hydrogen-bond donors (Lipinski definition) is 1. The normalized spacial score (nSPS) is 13.6. The van der Waals surface area contributed by atoms with E-state index in [1.807, 2.05) is 5.32 Å². The highest BCUT2D eigenvalue weighted by Crippen LogP contribution is 2.30. The maximum Gasteiger partial charge on any atom is 0.441 e. The van der Waals surface area contributed by atoms with Gasteiger partial charge in [0.2, 0.25) is 0 Å². The lowest BCUT2D eigenvalue weighted by Gasteiger charge is -2.22. The molecule has 1 amide bonds. The van der Waals surface area contributed by atoms with Crippen LogP contribution in [-0.4, -0.2) is 42.1 Å². The fourth-order valence-electron chi connectivity index (χ4n) is 0.939. The summed E-state index contributed by atoms with van der Waals surface area (Å²) in [6.45, 7) is 4.76. The molecule has 0 aliphatic rings. The first kappa shape index (κ1) is 17.9. The van der Waals surface area contributed by atoms with E-state index in [-0.39, 0.29) is 0 Å². The van der Waals surface area contributed by atoms with Crippen LogP contribution in [0.3, 0.4) is 0 Å². The summed E-state index contributed by atoms with van der Waals surface area (Å²) in [5, 5.41) is 2.04. The number of methoxy groups -OCH3 is 1. The zero-order chi connectivity index (χ0) is 15.3. The molecule has 0 aromatic rings. The summed E-state index contributed by atoms with van der Waals surface area (Å²) in [5.74, 6) is -1.65. The Morgan fingerprint density at radius 2 is 1.79 bits per heavy atom. The number of amides is 1. The largest absolute Gasteiger partial charge is 0.467 e. The number of rotatable bonds is 4. The lowest BCUT2D eigenvalue weighted by Crippen LogP contribution is -2.45. The zero-order valence-corrected chi connectivity index (χ0v) is 11.8. The summed E-state index contributed by atoms with van der Waals surface area (Å²) in [5.41, 5.74) is -5.32. The van der Waals surface area contributed by atoms with E-state index in [0.29, 0.717) is 0 Å². The van der Waals surface area contributed by atoms with Crippen molar-refractivity contribution in [1.29, 1.82) is 0 Å². The van der Waals surface area contributed by atoms with E-state index in [1.54, 1.807) is 20.8 Å². The second kappa shape index (κ2) is 6.88. The van der Waals surface area contributed by atoms with E-state index in [2.05, 4.69) is 4.74 Å². The number of thioether (sulfide) groups is 1. The molecule has 0 rings (SSSR count). The van der Waals surface area contributed by atoms with Crippen LogP contribution >= 0.6 is 11.8 Å². The van der Waals surface area contributed by atoms with Crippen molar-refractivity contribution in [3.8, 4) is 0 Å². The molecule has 1 unspecified atom stereocenters. The first-order valence-corrected chi connectivity index (χ1v) is 6.21. The Hall–Kier alpha value is -1.12. The van der Waals surface area contributed by atoms with Crippen LogP contribution < -0.4 is 5.32 Å². The van der Waals surface area contributed by atoms with Gasteiger partial charge in [0.15, 0.2) is 0 Å². The number of carbonyl (C=O) groups excluding carboxylic acids is 2. The van der Waals surface area contributed by atoms with Crippen molar-refractivity contribution in [3.05, 3.63) is 0 Å². The zero-order valence-electron chi connectivity index (χ0n) is 11.0. The Morgan fingerprint density at radius 3 is 2.16 bits per heavy atom. The molecule has 0 fully saturated rings. The standard InChI is InChI=1S/C10H16F3NO4S/c1-9(2,3)18-8(16)14-6(7(15)17-4)5-19-10(11,12)13/h6H,5H2,1-4H3,(H,14,16). The van der Waals surface area contributed by atoms with Gasteiger partial charge in [-0.3, -0.25) is 0 Å². The Labute approximate surface area is 113 Å². The van der Waals surface area contributed by atoms with Gasteiger partial charge in [0.05, 0.1) is 7.11 Å². The van der Waals surface area contributed by atoms with E-state index >= 15 is 0 Å². The number of alkyl halides is 3. The first-order chi connectivity index (χ1) is 8.44. The molecule has 0 saturated carbocycles. The van der Waals surface area contributed by atoms with Crippen molar-refractivity contribution in [2.45, 2.75) is 37.9 Å². The van der Waals surface area contributed by atoms with E-state index < -0.39 is 46.7 Å². The van der Waals surface area contributed by atoms with Crippen molar-refractivity contribution in [1.82, 2.24) is 5.32 Å². The van der Waals surface area contributed by atoms with Crippen LogP contribution in [0, 0.1) is 0 Å². The van der Waals surface area contributed by atoms with E-state index in [4.69, 9.17) is 4.74 Å². The smallest absolute Gasteiger partial charge is 0.441 e. The van der Waals surface area contributed by atoms with Gasteiger partial charge < -0.3 is 14.8 Å². The fraction of sp³-hybridized carbons (Fsp3) is 0.800. The quantitative estimate of drug-likeness (QED) is 0.807. The summed E-state index contributed by atoms with van der Waals surface area (Å²) >= 11 is -0.426. The molecule has 19 heavy (non-hydrogen) atoms. The molecule has 9 heteroatoms. The Morgan fingerprint density at radius 1 is 1.26 bits per heavy atom. The van der Waals surface area contributed by atoms with Crippen molar-refractivity contribution in [2.75, 3.05) is 12.9 Å². The average Bonchev–Trinajstić information content (AvgIpc) is 2.19. The number of nitrogens with one attached hydrogen (secondary N) is 1. The van der Waals surface area contributed by atoms with Crippen molar-refractivity contribution in [3.63, 3.8) is 0 Å². The van der Waals surface area contributed by atoms with Gasteiger partial charge in [0, 0.05) is 5.75 Å². The van der Waals surface area contributed by atoms with Crippen LogP contribution in [0.25, 0.3) is 0 Å². The van der Waals surface area contributed by atoms with E-state index in [9.17, 15) is 22.8 Å². The molecular formula is C10H16F3NO4S. The number of ether oxygens (including phenoxy) is 2. The Kier molecular flexibility index (Phi) is 6.47. The molecule has 0 saturated heterocycles. The summed E-state index contributed by atoms with van der Waals surface area (Å²) in [6.07, 6.45) is -0.981. The molecule has 1 N–H and O–H groups in total. The van der Waals surface area contributed by atoms with Gasteiger partial charge in [0.1, 0.15) is 11.6 Å². The summed E-state index contributed by atoms with van der Waals surface area (Å²) in [6, 6.07) is -1.42. The fourth-order valence-corrected chi connectivity index (χ4v) is 1.51. The van der Waals surface area contributed by atoms with Gasteiger partial charge in [-0.1, -0.05) is 0 Å². The number of esters is 1. The topological polar surface area (TPSA) is 64.6 Å². The van der Waals surface area contributed by atoms with Gasteiger partial charge in [-0.15, -0.1) is 0 Å².